The highest BCUT2D eigenvalue weighted by atomic mass is 16.4. The minimum Gasteiger partial charge on any atom is -0.480 e. The third-order valence-corrected chi connectivity index (χ3v) is 4.95. The maximum absolute atomic E-state index is 11.2. The number of carboxylic acid groups (broad SMARTS) is 3. The number of β-amino-alcohol motifs (C(OH)–C–C–N with tert-alkyl or cyclic N) is 1. The summed E-state index contributed by atoms with van der Waals surface area (Å²) in [5.74, 6) is -2.88. The van der Waals surface area contributed by atoms with Gasteiger partial charge in [0, 0.05) is 58.9 Å². The van der Waals surface area contributed by atoms with E-state index in [1.807, 2.05) is 11.8 Å². The van der Waals surface area contributed by atoms with E-state index >= 15 is 0 Å². The van der Waals surface area contributed by atoms with Crippen LogP contribution in [-0.4, -0.2) is 143 Å². The van der Waals surface area contributed by atoms with Gasteiger partial charge in [-0.2, -0.15) is 0 Å². The normalized spacial score (nSPS) is 20.5. The molecule has 1 fully saturated rings. The molecule has 0 spiro atoms. The van der Waals surface area contributed by atoms with Crippen LogP contribution >= 0.6 is 0 Å². The van der Waals surface area contributed by atoms with Crippen molar-refractivity contribution in [2.45, 2.75) is 19.4 Å². The third-order valence-electron chi connectivity index (χ3n) is 4.95. The quantitative estimate of drug-likeness (QED) is 0.338. The van der Waals surface area contributed by atoms with Crippen LogP contribution in [0.3, 0.4) is 0 Å². The minimum absolute atomic E-state index is 0.143. The molecule has 168 valence electrons. The smallest absolute Gasteiger partial charge is 0.317 e. The van der Waals surface area contributed by atoms with Crippen molar-refractivity contribution in [2.75, 3.05) is 78.5 Å². The van der Waals surface area contributed by atoms with Gasteiger partial charge in [0.05, 0.1) is 25.7 Å². The second-order valence-corrected chi connectivity index (χ2v) is 7.37. The standard InChI is InChI=1S/C18H34N4O7/c1-2-15(23)11-19-3-5-20(12-16(24)25)7-9-22(14-18(28)29)10-8-21(6-4-19)13-17(26)27/h15,23H,2-14H2,1H3,(H,24,25)(H,26,27)(H,28,29). The number of hydrogen-bond donors (Lipinski definition) is 4. The molecule has 1 aliphatic rings. The summed E-state index contributed by atoms with van der Waals surface area (Å²) >= 11 is 0. The zero-order chi connectivity index (χ0) is 21.8. The van der Waals surface area contributed by atoms with E-state index < -0.39 is 24.0 Å². The Morgan fingerprint density at radius 1 is 0.655 bits per heavy atom. The molecule has 0 aliphatic carbocycles. The second-order valence-electron chi connectivity index (χ2n) is 7.37. The maximum Gasteiger partial charge on any atom is 0.317 e. The zero-order valence-electron chi connectivity index (χ0n) is 17.1. The van der Waals surface area contributed by atoms with Crippen molar-refractivity contribution in [1.82, 2.24) is 19.6 Å². The first-order valence-electron chi connectivity index (χ1n) is 9.92. The molecule has 1 aliphatic heterocycles. The molecule has 1 unspecified atom stereocenters. The van der Waals surface area contributed by atoms with Crippen LogP contribution < -0.4 is 0 Å². The number of carbonyl (C=O) groups is 3. The first-order valence-corrected chi connectivity index (χ1v) is 9.92. The fourth-order valence-corrected chi connectivity index (χ4v) is 3.24. The predicted octanol–water partition coefficient (Wildman–Crippen LogP) is -1.77. The fourth-order valence-electron chi connectivity index (χ4n) is 3.24. The average Bonchev–Trinajstić information content (AvgIpc) is 2.62. The van der Waals surface area contributed by atoms with Crippen molar-refractivity contribution in [1.29, 1.82) is 0 Å². The van der Waals surface area contributed by atoms with E-state index in [2.05, 4.69) is 0 Å². The van der Waals surface area contributed by atoms with Crippen molar-refractivity contribution in [3.8, 4) is 0 Å². The third kappa shape index (κ3) is 11.7. The number of aliphatic hydroxyl groups excluding tert-OH is 1. The van der Waals surface area contributed by atoms with Crippen LogP contribution in [0.15, 0.2) is 0 Å². The predicted molar refractivity (Wildman–Crippen MR) is 105 cm³/mol. The van der Waals surface area contributed by atoms with Gasteiger partial charge < -0.3 is 20.4 Å². The topological polar surface area (TPSA) is 145 Å². The number of aliphatic hydroxyl groups is 1. The Labute approximate surface area is 171 Å². The molecule has 0 aromatic rings. The van der Waals surface area contributed by atoms with Crippen LogP contribution in [0.2, 0.25) is 0 Å². The lowest BCUT2D eigenvalue weighted by molar-refractivity contribution is -0.140. The Morgan fingerprint density at radius 3 is 1.17 bits per heavy atom. The summed E-state index contributed by atoms with van der Waals surface area (Å²) in [6.45, 7) is 5.36. The molecule has 0 aromatic carbocycles. The van der Waals surface area contributed by atoms with E-state index in [-0.39, 0.29) is 19.6 Å². The monoisotopic (exact) mass is 418 g/mol. The lowest BCUT2D eigenvalue weighted by Crippen LogP contribution is -2.49. The summed E-state index contributed by atoms with van der Waals surface area (Å²) < 4.78 is 0. The van der Waals surface area contributed by atoms with E-state index in [4.69, 9.17) is 15.3 Å². The Morgan fingerprint density at radius 2 is 0.931 bits per heavy atom. The van der Waals surface area contributed by atoms with Crippen LogP contribution in [0.25, 0.3) is 0 Å². The zero-order valence-corrected chi connectivity index (χ0v) is 17.1. The van der Waals surface area contributed by atoms with Gasteiger partial charge in [-0.05, 0) is 6.42 Å². The van der Waals surface area contributed by atoms with Gasteiger partial charge in [0.15, 0.2) is 0 Å². The minimum atomic E-state index is -0.980. The molecule has 11 nitrogen and oxygen atoms in total. The second kappa shape index (κ2) is 13.4. The van der Waals surface area contributed by atoms with Crippen LogP contribution in [0, 0.1) is 0 Å². The Hall–Kier alpha value is -1.79. The van der Waals surface area contributed by atoms with Crippen LogP contribution in [0.4, 0.5) is 0 Å². The molecule has 0 radical (unpaired) electrons. The van der Waals surface area contributed by atoms with E-state index in [0.717, 1.165) is 0 Å². The van der Waals surface area contributed by atoms with Gasteiger partial charge in [-0.15, -0.1) is 0 Å². The average molecular weight is 418 g/mol. The molecule has 0 aromatic heterocycles. The Balaban J connectivity index is 2.91. The van der Waals surface area contributed by atoms with Crippen molar-refractivity contribution >= 4 is 17.9 Å². The lowest BCUT2D eigenvalue weighted by Gasteiger charge is -2.33. The molecule has 4 N–H and O–H groups in total. The van der Waals surface area contributed by atoms with Gasteiger partial charge in [0.25, 0.3) is 0 Å². The highest BCUT2D eigenvalue weighted by molar-refractivity contribution is 5.69. The molecule has 1 heterocycles. The Kier molecular flexibility index (Phi) is 11.7. The summed E-state index contributed by atoms with van der Waals surface area (Å²) in [5.41, 5.74) is 0. The van der Waals surface area contributed by atoms with Crippen molar-refractivity contribution in [2.24, 2.45) is 0 Å². The molecule has 1 saturated heterocycles. The van der Waals surface area contributed by atoms with Crippen molar-refractivity contribution < 1.29 is 34.8 Å². The van der Waals surface area contributed by atoms with Crippen LogP contribution in [0.5, 0.6) is 0 Å². The fraction of sp³-hybridized carbons (Fsp3) is 0.833. The maximum atomic E-state index is 11.2. The summed E-state index contributed by atoms with van der Waals surface area (Å²) in [6, 6.07) is 0. The molecule has 29 heavy (non-hydrogen) atoms. The number of carboxylic acids is 3. The van der Waals surface area contributed by atoms with Crippen LogP contribution in [-0.2, 0) is 14.4 Å². The van der Waals surface area contributed by atoms with Gasteiger partial charge in [0.2, 0.25) is 0 Å². The Bertz CT molecular complexity index is 502. The van der Waals surface area contributed by atoms with Gasteiger partial charge in [0.1, 0.15) is 0 Å². The summed E-state index contributed by atoms with van der Waals surface area (Å²) in [4.78, 5) is 40.8. The van der Waals surface area contributed by atoms with Gasteiger partial charge >= 0.3 is 17.9 Å². The highest BCUT2D eigenvalue weighted by Crippen LogP contribution is 2.03. The van der Waals surface area contributed by atoms with Gasteiger partial charge in [-0.1, -0.05) is 6.92 Å². The molecule has 0 amide bonds. The van der Waals surface area contributed by atoms with Gasteiger partial charge in [-0.25, -0.2) is 0 Å². The SMILES string of the molecule is CCC(O)CN1CCN(CC(=O)O)CCN(CC(=O)O)CCN(CC(=O)O)CC1. The largest absolute Gasteiger partial charge is 0.480 e. The van der Waals surface area contributed by atoms with Gasteiger partial charge in [-0.3, -0.25) is 34.0 Å². The van der Waals surface area contributed by atoms with Crippen LogP contribution in [0.1, 0.15) is 13.3 Å². The lowest BCUT2D eigenvalue weighted by atomic mass is 10.2. The summed E-state index contributed by atoms with van der Waals surface area (Å²) in [6.07, 6.45) is 0.0908. The van der Waals surface area contributed by atoms with E-state index in [9.17, 15) is 19.5 Å². The molecule has 11 heteroatoms. The molecule has 1 rings (SSSR count). The highest BCUT2D eigenvalue weighted by Gasteiger charge is 2.20. The first-order chi connectivity index (χ1) is 13.7. The first kappa shape index (κ1) is 25.2. The van der Waals surface area contributed by atoms with E-state index in [1.54, 1.807) is 14.7 Å². The number of hydrogen-bond acceptors (Lipinski definition) is 8. The number of rotatable bonds is 9. The van der Waals surface area contributed by atoms with Crippen molar-refractivity contribution in [3.05, 3.63) is 0 Å². The molecule has 1 atom stereocenters. The number of aliphatic carboxylic acids is 3. The molecule has 0 bridgehead atoms. The summed E-state index contributed by atoms with van der Waals surface area (Å²) in [5, 5.41) is 37.5. The summed E-state index contributed by atoms with van der Waals surface area (Å²) in [7, 11) is 0. The van der Waals surface area contributed by atoms with E-state index in [1.165, 1.54) is 0 Å². The van der Waals surface area contributed by atoms with Crippen molar-refractivity contribution in [3.63, 3.8) is 0 Å². The number of nitrogens with zero attached hydrogens (tertiary/aromatic N) is 4. The molecular weight excluding hydrogens is 384 g/mol. The molecule has 0 saturated carbocycles. The van der Waals surface area contributed by atoms with E-state index in [0.29, 0.717) is 65.3 Å². The molecular formula is C18H34N4O7.